The van der Waals surface area contributed by atoms with E-state index in [0.717, 1.165) is 0 Å². The third-order valence-corrected chi connectivity index (χ3v) is 3.09. The number of hydrogen-bond acceptors (Lipinski definition) is 6. The molecule has 0 radical (unpaired) electrons. The van der Waals surface area contributed by atoms with Gasteiger partial charge in [-0.05, 0) is 13.8 Å². The molecule has 0 bridgehead atoms. The first-order valence-electron chi connectivity index (χ1n) is 6.44. The molecule has 0 aromatic carbocycles. The predicted molar refractivity (Wildman–Crippen MR) is 73.2 cm³/mol. The van der Waals surface area contributed by atoms with Crippen LogP contribution in [0.15, 0.2) is 12.5 Å². The van der Waals surface area contributed by atoms with Crippen LogP contribution in [0.25, 0.3) is 0 Å². The maximum absolute atomic E-state index is 12.5. The molecule has 1 aliphatic rings. The summed E-state index contributed by atoms with van der Waals surface area (Å²) in [5, 5.41) is 0. The summed E-state index contributed by atoms with van der Waals surface area (Å²) in [6, 6.07) is 0. The molecule has 20 heavy (non-hydrogen) atoms. The Balaban J connectivity index is 2.18. The molecule has 1 aliphatic heterocycles. The van der Waals surface area contributed by atoms with Gasteiger partial charge in [-0.2, -0.15) is 0 Å². The lowest BCUT2D eigenvalue weighted by Crippen LogP contribution is -2.55. The summed E-state index contributed by atoms with van der Waals surface area (Å²) >= 11 is 0. The van der Waals surface area contributed by atoms with Crippen LogP contribution in [0.2, 0.25) is 0 Å². The minimum atomic E-state index is -0.429. The van der Waals surface area contributed by atoms with Crippen LogP contribution in [-0.4, -0.2) is 59.3 Å². The lowest BCUT2D eigenvalue weighted by Gasteiger charge is -2.42. The van der Waals surface area contributed by atoms with E-state index in [9.17, 15) is 4.79 Å². The van der Waals surface area contributed by atoms with Crippen LogP contribution in [0.3, 0.4) is 0 Å². The molecular weight excluding hydrogens is 260 g/mol. The number of nitrogens with two attached hydrogens (primary N) is 1. The Hall–Kier alpha value is -1.73. The maximum Gasteiger partial charge on any atom is 0.259 e. The highest BCUT2D eigenvalue weighted by Crippen LogP contribution is 2.23. The van der Waals surface area contributed by atoms with E-state index < -0.39 is 5.60 Å². The van der Waals surface area contributed by atoms with Crippen molar-refractivity contribution in [2.75, 3.05) is 32.5 Å². The number of carbonyl (C=O) groups excluding carboxylic acids is 1. The lowest BCUT2D eigenvalue weighted by molar-refractivity contribution is -0.143. The van der Waals surface area contributed by atoms with Gasteiger partial charge >= 0.3 is 0 Å². The molecule has 1 atom stereocenters. The van der Waals surface area contributed by atoms with Gasteiger partial charge in [-0.3, -0.25) is 4.79 Å². The Morgan fingerprint density at radius 3 is 3.05 bits per heavy atom. The van der Waals surface area contributed by atoms with E-state index in [1.54, 1.807) is 12.0 Å². The van der Waals surface area contributed by atoms with Gasteiger partial charge < -0.3 is 20.1 Å². The molecule has 0 aliphatic carbocycles. The number of anilines is 1. The molecule has 1 aromatic heterocycles. The van der Waals surface area contributed by atoms with E-state index in [1.807, 2.05) is 13.8 Å². The summed E-state index contributed by atoms with van der Waals surface area (Å²) in [7, 11) is 1.61. The van der Waals surface area contributed by atoms with Crippen molar-refractivity contribution >= 4 is 11.7 Å². The van der Waals surface area contributed by atoms with Crippen LogP contribution >= 0.6 is 0 Å². The SMILES string of the molecule is COC[C@H]1CN(C(=O)c2cncnc2N)CC(C)(C)O1. The number of nitrogen functional groups attached to an aromatic ring is 1. The number of morpholine rings is 1. The van der Waals surface area contributed by atoms with Crippen molar-refractivity contribution in [2.24, 2.45) is 0 Å². The first-order chi connectivity index (χ1) is 9.43. The summed E-state index contributed by atoms with van der Waals surface area (Å²) in [5.74, 6) is 0.0122. The fraction of sp³-hybridized carbons (Fsp3) is 0.615. The average Bonchev–Trinajstić information content (AvgIpc) is 2.37. The molecule has 7 nitrogen and oxygen atoms in total. The van der Waals surface area contributed by atoms with Gasteiger partial charge in [0.05, 0.1) is 23.9 Å². The van der Waals surface area contributed by atoms with E-state index in [0.29, 0.717) is 25.3 Å². The van der Waals surface area contributed by atoms with Crippen molar-refractivity contribution in [3.63, 3.8) is 0 Å². The Bertz CT molecular complexity index is 492. The minimum absolute atomic E-state index is 0.154. The summed E-state index contributed by atoms with van der Waals surface area (Å²) < 4.78 is 11.0. The van der Waals surface area contributed by atoms with Gasteiger partial charge in [-0.15, -0.1) is 0 Å². The highest BCUT2D eigenvalue weighted by molar-refractivity contribution is 5.98. The molecule has 0 unspecified atom stereocenters. The fourth-order valence-corrected chi connectivity index (χ4v) is 2.40. The number of methoxy groups -OCH3 is 1. The lowest BCUT2D eigenvalue weighted by atomic mass is 10.0. The van der Waals surface area contributed by atoms with Crippen LogP contribution in [0.4, 0.5) is 5.82 Å². The van der Waals surface area contributed by atoms with Gasteiger partial charge in [0.15, 0.2) is 0 Å². The molecule has 1 amide bonds. The first kappa shape index (κ1) is 14.7. The predicted octanol–water partition coefficient (Wildman–Crippen LogP) is 0.325. The smallest absolute Gasteiger partial charge is 0.259 e. The van der Waals surface area contributed by atoms with Crippen molar-refractivity contribution in [2.45, 2.75) is 25.6 Å². The third kappa shape index (κ3) is 3.23. The molecule has 2 heterocycles. The summed E-state index contributed by atoms with van der Waals surface area (Å²) in [6.45, 7) is 5.28. The Kier molecular flexibility index (Phi) is 4.20. The van der Waals surface area contributed by atoms with Gasteiger partial charge in [0.1, 0.15) is 12.1 Å². The summed E-state index contributed by atoms with van der Waals surface area (Å²) in [6.07, 6.45) is 2.61. The number of amides is 1. The standard InChI is InChI=1S/C13H20N4O3/c1-13(2)7-17(5-9(20-13)6-19-3)12(18)10-4-15-8-16-11(10)14/h4,8-9H,5-7H2,1-3H3,(H2,14,15,16)/t9-/m1/s1. The average molecular weight is 280 g/mol. The van der Waals surface area contributed by atoms with E-state index in [4.69, 9.17) is 15.2 Å². The van der Waals surface area contributed by atoms with Gasteiger partial charge in [0, 0.05) is 26.4 Å². The number of carbonyl (C=O) groups is 1. The minimum Gasteiger partial charge on any atom is -0.383 e. The van der Waals surface area contributed by atoms with Crippen LogP contribution in [0.1, 0.15) is 24.2 Å². The monoisotopic (exact) mass is 280 g/mol. The second kappa shape index (κ2) is 5.72. The molecule has 1 aromatic rings. The van der Waals surface area contributed by atoms with Crippen molar-refractivity contribution in [1.29, 1.82) is 0 Å². The molecule has 7 heteroatoms. The van der Waals surface area contributed by atoms with E-state index in [-0.39, 0.29) is 17.8 Å². The Labute approximate surface area is 118 Å². The second-order valence-corrected chi connectivity index (χ2v) is 5.46. The summed E-state index contributed by atoms with van der Waals surface area (Å²) in [4.78, 5) is 21.9. The van der Waals surface area contributed by atoms with Gasteiger partial charge in [0.2, 0.25) is 0 Å². The number of nitrogens with zero attached hydrogens (tertiary/aromatic N) is 3. The maximum atomic E-state index is 12.5. The van der Waals surface area contributed by atoms with Crippen molar-refractivity contribution in [3.05, 3.63) is 18.1 Å². The largest absolute Gasteiger partial charge is 0.383 e. The zero-order chi connectivity index (χ0) is 14.8. The highest BCUT2D eigenvalue weighted by atomic mass is 16.5. The van der Waals surface area contributed by atoms with E-state index in [2.05, 4.69) is 9.97 Å². The molecule has 0 saturated carbocycles. The summed E-state index contributed by atoms with van der Waals surface area (Å²) in [5.41, 5.74) is 5.63. The quantitative estimate of drug-likeness (QED) is 0.857. The molecule has 0 spiro atoms. The number of ether oxygens (including phenoxy) is 2. The van der Waals surface area contributed by atoms with Crippen molar-refractivity contribution in [1.82, 2.24) is 14.9 Å². The van der Waals surface area contributed by atoms with E-state index >= 15 is 0 Å². The van der Waals surface area contributed by atoms with Crippen LogP contribution in [0.5, 0.6) is 0 Å². The van der Waals surface area contributed by atoms with Crippen LogP contribution in [0, 0.1) is 0 Å². The highest BCUT2D eigenvalue weighted by Gasteiger charge is 2.36. The van der Waals surface area contributed by atoms with Crippen molar-refractivity contribution < 1.29 is 14.3 Å². The molecule has 1 saturated heterocycles. The van der Waals surface area contributed by atoms with Gasteiger partial charge in [0.25, 0.3) is 5.91 Å². The molecule has 110 valence electrons. The first-order valence-corrected chi connectivity index (χ1v) is 6.44. The zero-order valence-electron chi connectivity index (χ0n) is 12.0. The van der Waals surface area contributed by atoms with Gasteiger partial charge in [-0.1, -0.05) is 0 Å². The number of aromatic nitrogens is 2. The molecule has 2 rings (SSSR count). The normalized spacial score (nSPS) is 21.8. The Morgan fingerprint density at radius 2 is 2.40 bits per heavy atom. The fourth-order valence-electron chi connectivity index (χ4n) is 2.40. The molecular formula is C13H20N4O3. The number of rotatable bonds is 3. The van der Waals surface area contributed by atoms with Crippen LogP contribution < -0.4 is 5.73 Å². The molecule has 1 fully saturated rings. The molecule has 2 N–H and O–H groups in total. The van der Waals surface area contributed by atoms with Crippen molar-refractivity contribution in [3.8, 4) is 0 Å². The second-order valence-electron chi connectivity index (χ2n) is 5.46. The topological polar surface area (TPSA) is 90.6 Å². The zero-order valence-corrected chi connectivity index (χ0v) is 12.0. The number of hydrogen-bond donors (Lipinski definition) is 1. The Morgan fingerprint density at radius 1 is 1.65 bits per heavy atom. The third-order valence-electron chi connectivity index (χ3n) is 3.09. The van der Waals surface area contributed by atoms with Crippen LogP contribution in [-0.2, 0) is 9.47 Å². The van der Waals surface area contributed by atoms with Gasteiger partial charge in [-0.25, -0.2) is 9.97 Å². The van der Waals surface area contributed by atoms with E-state index in [1.165, 1.54) is 12.5 Å².